The van der Waals surface area contributed by atoms with Crippen LogP contribution in [0.15, 0.2) is 30.3 Å². The molecule has 110 valence electrons. The molecule has 1 atom stereocenters. The van der Waals surface area contributed by atoms with Crippen molar-refractivity contribution in [3.63, 3.8) is 0 Å². The SMILES string of the molecule is CCNCCC(=O)NC1CCN(Cc2ccccc2)C1. The summed E-state index contributed by atoms with van der Waals surface area (Å²) in [5.74, 6) is 0.164. The Morgan fingerprint density at radius 1 is 1.35 bits per heavy atom. The van der Waals surface area contributed by atoms with Crippen LogP contribution in [0.25, 0.3) is 0 Å². The van der Waals surface area contributed by atoms with E-state index in [0.717, 1.165) is 39.1 Å². The quantitative estimate of drug-likeness (QED) is 0.739. The zero-order valence-corrected chi connectivity index (χ0v) is 12.3. The summed E-state index contributed by atoms with van der Waals surface area (Å²) in [7, 11) is 0. The molecular formula is C16H25N3O. The van der Waals surface area contributed by atoms with E-state index >= 15 is 0 Å². The Kier molecular flexibility index (Phi) is 6.02. The topological polar surface area (TPSA) is 44.4 Å². The zero-order chi connectivity index (χ0) is 14.2. The molecule has 1 fully saturated rings. The minimum absolute atomic E-state index is 0.164. The van der Waals surface area contributed by atoms with Gasteiger partial charge in [-0.05, 0) is 18.5 Å². The van der Waals surface area contributed by atoms with Crippen molar-refractivity contribution in [3.05, 3.63) is 35.9 Å². The molecule has 2 rings (SSSR count). The highest BCUT2D eigenvalue weighted by Gasteiger charge is 2.23. The van der Waals surface area contributed by atoms with Crippen LogP contribution in [0.1, 0.15) is 25.3 Å². The molecule has 0 saturated carbocycles. The van der Waals surface area contributed by atoms with Crippen LogP contribution in [0.2, 0.25) is 0 Å². The van der Waals surface area contributed by atoms with Gasteiger partial charge in [0.05, 0.1) is 0 Å². The highest BCUT2D eigenvalue weighted by molar-refractivity contribution is 5.76. The Morgan fingerprint density at radius 3 is 2.90 bits per heavy atom. The van der Waals surface area contributed by atoms with Crippen LogP contribution in [0, 0.1) is 0 Å². The number of carbonyl (C=O) groups is 1. The van der Waals surface area contributed by atoms with Crippen molar-refractivity contribution in [3.8, 4) is 0 Å². The van der Waals surface area contributed by atoms with E-state index < -0.39 is 0 Å². The number of nitrogens with one attached hydrogen (secondary N) is 2. The Balaban J connectivity index is 1.68. The average Bonchev–Trinajstić information content (AvgIpc) is 2.87. The van der Waals surface area contributed by atoms with Gasteiger partial charge in [0.15, 0.2) is 0 Å². The molecule has 0 aliphatic carbocycles. The number of likely N-dealkylation sites (tertiary alicyclic amines) is 1. The molecule has 1 saturated heterocycles. The second-order valence-electron chi connectivity index (χ2n) is 5.38. The summed E-state index contributed by atoms with van der Waals surface area (Å²) in [5.41, 5.74) is 1.34. The smallest absolute Gasteiger partial charge is 0.221 e. The van der Waals surface area contributed by atoms with Crippen molar-refractivity contribution in [1.29, 1.82) is 0 Å². The maximum atomic E-state index is 11.8. The van der Waals surface area contributed by atoms with Crippen LogP contribution in [0.3, 0.4) is 0 Å². The monoisotopic (exact) mass is 275 g/mol. The summed E-state index contributed by atoms with van der Waals surface area (Å²) in [6, 6.07) is 10.8. The van der Waals surface area contributed by atoms with Crippen molar-refractivity contribution in [1.82, 2.24) is 15.5 Å². The molecule has 1 unspecified atom stereocenters. The number of rotatable bonds is 7. The number of nitrogens with zero attached hydrogens (tertiary/aromatic N) is 1. The van der Waals surface area contributed by atoms with E-state index in [1.54, 1.807) is 0 Å². The number of hydrogen-bond acceptors (Lipinski definition) is 3. The molecule has 1 aromatic rings. The van der Waals surface area contributed by atoms with Crippen LogP contribution >= 0.6 is 0 Å². The van der Waals surface area contributed by atoms with Gasteiger partial charge in [-0.1, -0.05) is 37.3 Å². The fraction of sp³-hybridized carbons (Fsp3) is 0.562. The van der Waals surface area contributed by atoms with Gasteiger partial charge in [0.25, 0.3) is 0 Å². The van der Waals surface area contributed by atoms with Crippen molar-refractivity contribution < 1.29 is 4.79 Å². The molecule has 1 heterocycles. The average molecular weight is 275 g/mol. The molecule has 0 radical (unpaired) electrons. The van der Waals surface area contributed by atoms with Gasteiger partial charge in [-0.3, -0.25) is 9.69 Å². The van der Waals surface area contributed by atoms with E-state index in [9.17, 15) is 4.79 Å². The minimum atomic E-state index is 0.164. The highest BCUT2D eigenvalue weighted by Crippen LogP contribution is 2.13. The fourth-order valence-electron chi connectivity index (χ4n) is 2.61. The normalized spacial score (nSPS) is 19.1. The summed E-state index contributed by atoms with van der Waals surface area (Å²) in [4.78, 5) is 14.2. The molecule has 0 spiro atoms. The van der Waals surface area contributed by atoms with E-state index in [2.05, 4.69) is 46.7 Å². The van der Waals surface area contributed by atoms with Crippen molar-refractivity contribution in [2.45, 2.75) is 32.4 Å². The first-order chi connectivity index (χ1) is 9.78. The molecule has 1 aliphatic rings. The summed E-state index contributed by atoms with van der Waals surface area (Å²) in [6.07, 6.45) is 1.63. The molecule has 4 nitrogen and oxygen atoms in total. The zero-order valence-electron chi connectivity index (χ0n) is 12.3. The van der Waals surface area contributed by atoms with Gasteiger partial charge >= 0.3 is 0 Å². The van der Waals surface area contributed by atoms with Gasteiger partial charge in [-0.15, -0.1) is 0 Å². The summed E-state index contributed by atoms with van der Waals surface area (Å²) in [5, 5.41) is 6.31. The third-order valence-electron chi connectivity index (χ3n) is 3.67. The molecular weight excluding hydrogens is 250 g/mol. The van der Waals surface area contributed by atoms with Crippen molar-refractivity contribution in [2.24, 2.45) is 0 Å². The molecule has 1 aromatic carbocycles. The van der Waals surface area contributed by atoms with E-state index in [0.29, 0.717) is 12.5 Å². The molecule has 4 heteroatoms. The second kappa shape index (κ2) is 8.02. The van der Waals surface area contributed by atoms with Crippen LogP contribution in [-0.2, 0) is 11.3 Å². The summed E-state index contributed by atoms with van der Waals surface area (Å²) in [6.45, 7) is 6.74. The summed E-state index contributed by atoms with van der Waals surface area (Å²) < 4.78 is 0. The van der Waals surface area contributed by atoms with E-state index in [1.807, 2.05) is 6.07 Å². The van der Waals surface area contributed by atoms with Gasteiger partial charge in [0.2, 0.25) is 5.91 Å². The Morgan fingerprint density at radius 2 is 2.15 bits per heavy atom. The number of amides is 1. The van der Waals surface area contributed by atoms with Crippen molar-refractivity contribution in [2.75, 3.05) is 26.2 Å². The Bertz CT molecular complexity index is 407. The first kappa shape index (κ1) is 15.0. The van der Waals surface area contributed by atoms with Crippen molar-refractivity contribution >= 4 is 5.91 Å². The minimum Gasteiger partial charge on any atom is -0.352 e. The van der Waals surface area contributed by atoms with Crippen LogP contribution in [0.5, 0.6) is 0 Å². The lowest BCUT2D eigenvalue weighted by Crippen LogP contribution is -2.38. The lowest BCUT2D eigenvalue weighted by atomic mass is 10.2. The largest absolute Gasteiger partial charge is 0.352 e. The molecule has 1 amide bonds. The molecule has 20 heavy (non-hydrogen) atoms. The molecule has 0 aromatic heterocycles. The maximum absolute atomic E-state index is 11.8. The lowest BCUT2D eigenvalue weighted by molar-refractivity contribution is -0.121. The third kappa shape index (κ3) is 4.94. The lowest BCUT2D eigenvalue weighted by Gasteiger charge is -2.16. The van der Waals surface area contributed by atoms with Gasteiger partial charge < -0.3 is 10.6 Å². The fourth-order valence-corrected chi connectivity index (χ4v) is 2.61. The van der Waals surface area contributed by atoms with Crippen LogP contribution in [0.4, 0.5) is 0 Å². The second-order valence-corrected chi connectivity index (χ2v) is 5.38. The van der Waals surface area contributed by atoms with E-state index in [4.69, 9.17) is 0 Å². The predicted molar refractivity (Wildman–Crippen MR) is 81.4 cm³/mol. The van der Waals surface area contributed by atoms with Crippen LogP contribution < -0.4 is 10.6 Å². The highest BCUT2D eigenvalue weighted by atomic mass is 16.1. The first-order valence-corrected chi connectivity index (χ1v) is 7.54. The van der Waals surface area contributed by atoms with Crippen LogP contribution in [-0.4, -0.2) is 43.0 Å². The maximum Gasteiger partial charge on any atom is 0.221 e. The summed E-state index contributed by atoms with van der Waals surface area (Å²) >= 11 is 0. The Labute approximate surface area is 121 Å². The van der Waals surface area contributed by atoms with E-state index in [1.165, 1.54) is 5.56 Å². The molecule has 0 bridgehead atoms. The van der Waals surface area contributed by atoms with Gasteiger partial charge in [0, 0.05) is 38.6 Å². The van der Waals surface area contributed by atoms with E-state index in [-0.39, 0.29) is 5.91 Å². The Hall–Kier alpha value is -1.39. The number of hydrogen-bond donors (Lipinski definition) is 2. The molecule has 2 N–H and O–H groups in total. The number of carbonyl (C=O) groups excluding carboxylic acids is 1. The van der Waals surface area contributed by atoms with Gasteiger partial charge in [-0.2, -0.15) is 0 Å². The predicted octanol–water partition coefficient (Wildman–Crippen LogP) is 1.38. The third-order valence-corrected chi connectivity index (χ3v) is 3.67. The number of benzene rings is 1. The standard InChI is InChI=1S/C16H25N3O/c1-2-17-10-8-16(20)18-15-9-11-19(13-15)12-14-6-4-3-5-7-14/h3-7,15,17H,2,8-13H2,1H3,(H,18,20). The van der Waals surface area contributed by atoms with Gasteiger partial charge in [-0.25, -0.2) is 0 Å². The van der Waals surface area contributed by atoms with Gasteiger partial charge in [0.1, 0.15) is 0 Å². The molecule has 1 aliphatic heterocycles. The first-order valence-electron chi connectivity index (χ1n) is 7.54.